The Balaban J connectivity index is 1.68. The van der Waals surface area contributed by atoms with Gasteiger partial charge in [-0.05, 0) is 49.8 Å². The standard InChI is InChI=1S/C20H20O6/c1-12-13(2)25-19-10-16(5-7-18(19)24-12)26-20(23)8-4-14-3-6-17(22)15(9-14)11-21/h3-10,12-13,21-22H,11H2,1-2H3. The predicted octanol–water partition coefficient (Wildman–Crippen LogP) is 3.05. The number of hydrogen-bond donors (Lipinski definition) is 2. The van der Waals surface area contributed by atoms with Crippen molar-refractivity contribution < 1.29 is 29.2 Å². The quantitative estimate of drug-likeness (QED) is 0.498. The normalized spacial score (nSPS) is 18.7. The molecule has 1 aliphatic heterocycles. The number of esters is 1. The minimum atomic E-state index is -0.554. The molecule has 0 radical (unpaired) electrons. The SMILES string of the molecule is CC1Oc2ccc(OC(=O)C=Cc3ccc(O)c(CO)c3)cc2OC1C. The summed E-state index contributed by atoms with van der Waals surface area (Å²) in [6.45, 7) is 3.55. The molecule has 1 heterocycles. The van der Waals surface area contributed by atoms with Gasteiger partial charge in [0.2, 0.25) is 0 Å². The largest absolute Gasteiger partial charge is 0.508 e. The number of benzene rings is 2. The Labute approximate surface area is 151 Å². The molecule has 1 aliphatic rings. The monoisotopic (exact) mass is 356 g/mol. The van der Waals surface area contributed by atoms with Gasteiger partial charge in [0, 0.05) is 17.7 Å². The maximum absolute atomic E-state index is 12.0. The number of carbonyl (C=O) groups is 1. The number of ether oxygens (including phenoxy) is 3. The first-order valence-corrected chi connectivity index (χ1v) is 8.26. The van der Waals surface area contributed by atoms with Gasteiger partial charge in [-0.1, -0.05) is 6.07 Å². The molecule has 0 fully saturated rings. The smallest absolute Gasteiger partial charge is 0.336 e. The Kier molecular flexibility index (Phi) is 5.14. The van der Waals surface area contributed by atoms with Crippen molar-refractivity contribution in [2.24, 2.45) is 0 Å². The van der Waals surface area contributed by atoms with Gasteiger partial charge in [0.25, 0.3) is 0 Å². The molecule has 2 N–H and O–H groups in total. The van der Waals surface area contributed by atoms with Gasteiger partial charge in [0.15, 0.2) is 11.5 Å². The van der Waals surface area contributed by atoms with Gasteiger partial charge >= 0.3 is 5.97 Å². The first kappa shape index (κ1) is 17.8. The van der Waals surface area contributed by atoms with Crippen LogP contribution in [0.5, 0.6) is 23.0 Å². The summed E-state index contributed by atoms with van der Waals surface area (Å²) in [6.07, 6.45) is 2.68. The summed E-state index contributed by atoms with van der Waals surface area (Å²) in [5.41, 5.74) is 1.05. The average molecular weight is 356 g/mol. The number of fused-ring (bicyclic) bond motifs is 1. The second-order valence-electron chi connectivity index (χ2n) is 6.06. The Morgan fingerprint density at radius 1 is 1.12 bits per heavy atom. The van der Waals surface area contributed by atoms with Crippen molar-refractivity contribution in [3.8, 4) is 23.0 Å². The first-order chi connectivity index (χ1) is 12.5. The molecular formula is C20H20O6. The van der Waals surface area contributed by atoms with Crippen LogP contribution in [-0.2, 0) is 11.4 Å². The molecule has 0 aliphatic carbocycles. The molecule has 26 heavy (non-hydrogen) atoms. The van der Waals surface area contributed by atoms with Crippen LogP contribution in [0.1, 0.15) is 25.0 Å². The van der Waals surface area contributed by atoms with Gasteiger partial charge in [0.05, 0.1) is 6.61 Å². The van der Waals surface area contributed by atoms with Gasteiger partial charge in [-0.3, -0.25) is 0 Å². The molecule has 0 aromatic heterocycles. The number of aliphatic hydroxyl groups is 1. The van der Waals surface area contributed by atoms with E-state index in [2.05, 4.69) is 0 Å². The van der Waals surface area contributed by atoms with Crippen LogP contribution in [-0.4, -0.2) is 28.4 Å². The fourth-order valence-electron chi connectivity index (χ4n) is 2.48. The van der Waals surface area contributed by atoms with Crippen LogP contribution in [0, 0.1) is 0 Å². The van der Waals surface area contributed by atoms with Crippen molar-refractivity contribution in [1.29, 1.82) is 0 Å². The minimum absolute atomic E-state index is 0.00653. The fourth-order valence-corrected chi connectivity index (χ4v) is 2.48. The highest BCUT2D eigenvalue weighted by atomic mass is 16.6. The number of phenols is 1. The third kappa shape index (κ3) is 3.97. The lowest BCUT2D eigenvalue weighted by Gasteiger charge is -2.29. The van der Waals surface area contributed by atoms with E-state index >= 15 is 0 Å². The van der Waals surface area contributed by atoms with Crippen LogP contribution in [0.3, 0.4) is 0 Å². The zero-order valence-electron chi connectivity index (χ0n) is 14.5. The third-order valence-corrected chi connectivity index (χ3v) is 4.11. The molecule has 6 heteroatoms. The Morgan fingerprint density at radius 2 is 1.85 bits per heavy atom. The maximum Gasteiger partial charge on any atom is 0.336 e. The number of carbonyl (C=O) groups excluding carboxylic acids is 1. The van der Waals surface area contributed by atoms with Gasteiger partial charge in [0.1, 0.15) is 23.7 Å². The first-order valence-electron chi connectivity index (χ1n) is 8.26. The van der Waals surface area contributed by atoms with Crippen molar-refractivity contribution in [1.82, 2.24) is 0 Å². The van der Waals surface area contributed by atoms with Gasteiger partial charge < -0.3 is 24.4 Å². The van der Waals surface area contributed by atoms with Crippen LogP contribution in [0.25, 0.3) is 6.08 Å². The highest BCUT2D eigenvalue weighted by Crippen LogP contribution is 2.36. The van der Waals surface area contributed by atoms with Gasteiger partial charge in [-0.2, -0.15) is 0 Å². The lowest BCUT2D eigenvalue weighted by Crippen LogP contribution is -2.34. The Bertz CT molecular complexity index is 842. The van der Waals surface area contributed by atoms with E-state index in [0.717, 1.165) is 0 Å². The van der Waals surface area contributed by atoms with Crippen molar-refractivity contribution in [3.05, 3.63) is 53.6 Å². The molecule has 2 atom stereocenters. The minimum Gasteiger partial charge on any atom is -0.508 e. The Morgan fingerprint density at radius 3 is 2.58 bits per heavy atom. The van der Waals surface area contributed by atoms with E-state index in [1.165, 1.54) is 12.1 Å². The molecular weight excluding hydrogens is 336 g/mol. The van der Waals surface area contributed by atoms with E-state index < -0.39 is 5.97 Å². The molecule has 3 rings (SSSR count). The number of aromatic hydroxyl groups is 1. The van der Waals surface area contributed by atoms with E-state index in [0.29, 0.717) is 28.4 Å². The van der Waals surface area contributed by atoms with E-state index in [-0.39, 0.29) is 24.6 Å². The zero-order valence-corrected chi connectivity index (χ0v) is 14.5. The molecule has 0 bridgehead atoms. The third-order valence-electron chi connectivity index (χ3n) is 4.11. The van der Waals surface area contributed by atoms with Crippen LogP contribution in [0.4, 0.5) is 0 Å². The summed E-state index contributed by atoms with van der Waals surface area (Å²) < 4.78 is 16.8. The zero-order chi connectivity index (χ0) is 18.7. The number of hydrogen-bond acceptors (Lipinski definition) is 6. The lowest BCUT2D eigenvalue weighted by atomic mass is 10.1. The summed E-state index contributed by atoms with van der Waals surface area (Å²) >= 11 is 0. The highest BCUT2D eigenvalue weighted by Gasteiger charge is 2.24. The summed E-state index contributed by atoms with van der Waals surface area (Å²) in [5, 5.41) is 18.7. The summed E-state index contributed by atoms with van der Waals surface area (Å²) in [5.74, 6) is 0.960. The van der Waals surface area contributed by atoms with E-state index in [9.17, 15) is 9.90 Å². The van der Waals surface area contributed by atoms with Crippen LogP contribution in [0.15, 0.2) is 42.5 Å². The van der Waals surface area contributed by atoms with Crippen molar-refractivity contribution in [2.45, 2.75) is 32.7 Å². The fraction of sp³-hybridized carbons (Fsp3) is 0.250. The summed E-state index contributed by atoms with van der Waals surface area (Å²) in [6, 6.07) is 9.64. The van der Waals surface area contributed by atoms with E-state index in [4.69, 9.17) is 19.3 Å². The lowest BCUT2D eigenvalue weighted by molar-refractivity contribution is -0.128. The molecule has 0 spiro atoms. The molecule has 0 amide bonds. The molecule has 0 saturated carbocycles. The summed E-state index contributed by atoms with van der Waals surface area (Å²) in [4.78, 5) is 12.0. The maximum atomic E-state index is 12.0. The second-order valence-corrected chi connectivity index (χ2v) is 6.06. The average Bonchev–Trinajstić information content (AvgIpc) is 2.62. The van der Waals surface area contributed by atoms with Crippen molar-refractivity contribution >= 4 is 12.0 Å². The molecule has 2 aromatic rings. The van der Waals surface area contributed by atoms with Crippen LogP contribution in [0.2, 0.25) is 0 Å². The predicted molar refractivity (Wildman–Crippen MR) is 95.3 cm³/mol. The van der Waals surface area contributed by atoms with Crippen molar-refractivity contribution in [2.75, 3.05) is 0 Å². The number of rotatable bonds is 4. The van der Waals surface area contributed by atoms with Gasteiger partial charge in [-0.15, -0.1) is 0 Å². The molecule has 136 valence electrons. The molecule has 6 nitrogen and oxygen atoms in total. The molecule has 0 saturated heterocycles. The molecule has 2 unspecified atom stereocenters. The van der Waals surface area contributed by atoms with E-state index in [1.54, 1.807) is 36.4 Å². The van der Waals surface area contributed by atoms with Crippen LogP contribution >= 0.6 is 0 Å². The van der Waals surface area contributed by atoms with Crippen LogP contribution < -0.4 is 14.2 Å². The second kappa shape index (κ2) is 7.49. The Hall–Kier alpha value is -2.99. The van der Waals surface area contributed by atoms with E-state index in [1.807, 2.05) is 13.8 Å². The topological polar surface area (TPSA) is 85.2 Å². The number of aliphatic hydroxyl groups excluding tert-OH is 1. The van der Waals surface area contributed by atoms with Crippen molar-refractivity contribution in [3.63, 3.8) is 0 Å². The van der Waals surface area contributed by atoms with Gasteiger partial charge in [-0.25, -0.2) is 4.79 Å². The molecule has 2 aromatic carbocycles. The summed E-state index contributed by atoms with van der Waals surface area (Å²) in [7, 11) is 0. The highest BCUT2D eigenvalue weighted by molar-refractivity contribution is 5.88.